The Morgan fingerprint density at radius 2 is 1.83 bits per heavy atom. The lowest BCUT2D eigenvalue weighted by Crippen LogP contribution is -2.21. The third kappa shape index (κ3) is 2.24. The van der Waals surface area contributed by atoms with Gasteiger partial charge in [0.15, 0.2) is 11.4 Å². The van der Waals surface area contributed by atoms with Crippen LogP contribution in [0.4, 0.5) is 5.69 Å². The van der Waals surface area contributed by atoms with Gasteiger partial charge < -0.3 is 5.11 Å². The van der Waals surface area contributed by atoms with Gasteiger partial charge in [-0.2, -0.15) is 5.10 Å². The summed E-state index contributed by atoms with van der Waals surface area (Å²) < 4.78 is 26.0. The van der Waals surface area contributed by atoms with E-state index < -0.39 is 26.2 Å². The van der Waals surface area contributed by atoms with Crippen molar-refractivity contribution in [1.29, 1.82) is 0 Å². The first-order valence-corrected chi connectivity index (χ1v) is 8.47. The van der Waals surface area contributed by atoms with Crippen molar-refractivity contribution < 1.29 is 13.5 Å². The molecular formula is C15H14N4O4S. The van der Waals surface area contributed by atoms with Crippen LogP contribution in [-0.4, -0.2) is 23.3 Å². The van der Waals surface area contributed by atoms with Crippen molar-refractivity contribution in [3.05, 3.63) is 56.5 Å². The molecule has 24 heavy (non-hydrogen) atoms. The van der Waals surface area contributed by atoms with Crippen LogP contribution in [0.5, 0.6) is 0 Å². The third-order valence-corrected chi connectivity index (χ3v) is 5.54. The number of azo groups is 1. The molecule has 8 nitrogen and oxygen atoms in total. The number of aryl methyl sites for hydroxylation is 2. The molecule has 0 fully saturated rings. The summed E-state index contributed by atoms with van der Waals surface area (Å²) in [5.41, 5.74) is 0.713. The number of benzene rings is 1. The Labute approximate surface area is 137 Å². The molecule has 2 heterocycles. The molecule has 9 heteroatoms. The van der Waals surface area contributed by atoms with Crippen LogP contribution in [0, 0.1) is 13.8 Å². The van der Waals surface area contributed by atoms with Crippen molar-refractivity contribution in [2.45, 2.75) is 18.7 Å². The van der Waals surface area contributed by atoms with E-state index in [-0.39, 0.29) is 16.1 Å². The summed E-state index contributed by atoms with van der Waals surface area (Å²) in [4.78, 5) is 12.1. The summed E-state index contributed by atoms with van der Waals surface area (Å²) in [6, 6.07) is 6.02. The predicted molar refractivity (Wildman–Crippen MR) is 86.6 cm³/mol. The first-order valence-electron chi connectivity index (χ1n) is 6.99. The Kier molecular flexibility index (Phi) is 3.60. The van der Waals surface area contributed by atoms with E-state index in [0.29, 0.717) is 11.3 Å². The van der Waals surface area contributed by atoms with Crippen LogP contribution in [0.3, 0.4) is 0 Å². The molecule has 1 N–H and O–H groups in total. The molecule has 1 aliphatic heterocycles. The molecule has 1 aromatic heterocycles. The van der Waals surface area contributed by atoms with Crippen molar-refractivity contribution in [2.75, 3.05) is 0 Å². The van der Waals surface area contributed by atoms with Gasteiger partial charge in [0, 0.05) is 18.2 Å². The zero-order chi connectivity index (χ0) is 17.6. The molecule has 0 unspecified atom stereocenters. The topological polar surface area (TPSA) is 114 Å². The molecule has 0 atom stereocenters. The molecule has 0 spiro atoms. The number of hydrogen-bond donors (Lipinski definition) is 1. The number of sulfone groups is 1. The van der Waals surface area contributed by atoms with Gasteiger partial charge in [-0.25, -0.2) is 13.1 Å². The molecule has 3 rings (SSSR count). The zero-order valence-electron chi connectivity index (χ0n) is 13.2. The van der Waals surface area contributed by atoms with Crippen LogP contribution in [0.25, 0.3) is 5.76 Å². The fourth-order valence-electron chi connectivity index (χ4n) is 2.39. The van der Waals surface area contributed by atoms with Gasteiger partial charge in [-0.3, -0.25) is 4.79 Å². The molecule has 0 radical (unpaired) electrons. The van der Waals surface area contributed by atoms with E-state index in [1.54, 1.807) is 26.0 Å². The standard InChI is InChI=1S/C15H14N4O4S/c1-8-9(2)18-19(3)15(21)12(8)16-17-14-13(20)10-6-4-5-7-11(10)24(14,22)23/h4-7,20H,1-3H3. The average molecular weight is 346 g/mol. The lowest BCUT2D eigenvalue weighted by Gasteiger charge is -2.05. The van der Waals surface area contributed by atoms with Gasteiger partial charge in [-0.15, -0.1) is 10.2 Å². The largest absolute Gasteiger partial charge is 0.504 e. The predicted octanol–water partition coefficient (Wildman–Crippen LogP) is 2.15. The number of aromatic nitrogens is 2. The summed E-state index contributed by atoms with van der Waals surface area (Å²) in [5, 5.41) is 21.1. The van der Waals surface area contributed by atoms with E-state index in [1.165, 1.54) is 19.2 Å². The maximum absolute atomic E-state index is 12.5. The van der Waals surface area contributed by atoms with Gasteiger partial charge in [0.05, 0.1) is 10.6 Å². The van der Waals surface area contributed by atoms with Crippen molar-refractivity contribution in [1.82, 2.24) is 9.78 Å². The average Bonchev–Trinajstić information content (AvgIpc) is 2.74. The normalized spacial score (nSPS) is 16.0. The lowest BCUT2D eigenvalue weighted by molar-refractivity contribution is 0.508. The molecule has 0 aliphatic carbocycles. The summed E-state index contributed by atoms with van der Waals surface area (Å²) in [5.74, 6) is -0.477. The van der Waals surface area contributed by atoms with Crippen LogP contribution in [0.15, 0.2) is 49.2 Å². The third-order valence-electron chi connectivity index (χ3n) is 3.82. The molecule has 2 aromatic rings. The van der Waals surface area contributed by atoms with Crippen LogP contribution in [-0.2, 0) is 16.9 Å². The summed E-state index contributed by atoms with van der Waals surface area (Å²) in [7, 11) is -2.50. The SMILES string of the molecule is Cc1nn(C)c(=O)c(N=NC2=C(O)c3ccccc3S2(=O)=O)c1C. The highest BCUT2D eigenvalue weighted by Gasteiger charge is 2.36. The Morgan fingerprint density at radius 3 is 2.50 bits per heavy atom. The van der Waals surface area contributed by atoms with Crippen molar-refractivity contribution >= 4 is 21.3 Å². The number of hydrogen-bond acceptors (Lipinski definition) is 7. The van der Waals surface area contributed by atoms with E-state index >= 15 is 0 Å². The second kappa shape index (κ2) is 5.38. The fourth-order valence-corrected chi connectivity index (χ4v) is 3.82. The monoisotopic (exact) mass is 346 g/mol. The zero-order valence-corrected chi connectivity index (χ0v) is 14.0. The van der Waals surface area contributed by atoms with Gasteiger partial charge in [0.2, 0.25) is 14.9 Å². The molecule has 124 valence electrons. The fraction of sp³-hybridized carbons (Fsp3) is 0.200. The Bertz CT molecular complexity index is 1080. The van der Waals surface area contributed by atoms with Crippen LogP contribution in [0.1, 0.15) is 16.8 Å². The second-order valence-corrected chi connectivity index (χ2v) is 7.17. The second-order valence-electron chi connectivity index (χ2n) is 5.34. The van der Waals surface area contributed by atoms with Gasteiger partial charge in [0.1, 0.15) is 0 Å². The minimum Gasteiger partial charge on any atom is -0.504 e. The summed E-state index contributed by atoms with van der Waals surface area (Å²) >= 11 is 0. The van der Waals surface area contributed by atoms with Gasteiger partial charge in [-0.05, 0) is 26.0 Å². The number of aliphatic hydroxyl groups excluding tert-OH is 1. The van der Waals surface area contributed by atoms with E-state index in [4.69, 9.17) is 0 Å². The van der Waals surface area contributed by atoms with Crippen LogP contribution >= 0.6 is 0 Å². The molecule has 1 aliphatic rings. The minimum absolute atomic E-state index is 0.0172. The molecule has 0 bridgehead atoms. The molecule has 0 amide bonds. The number of rotatable bonds is 2. The number of aliphatic hydroxyl groups is 1. The van der Waals surface area contributed by atoms with Gasteiger partial charge >= 0.3 is 0 Å². The van der Waals surface area contributed by atoms with Gasteiger partial charge in [0.25, 0.3) is 5.56 Å². The molecule has 0 saturated carbocycles. The van der Waals surface area contributed by atoms with Crippen LogP contribution in [0.2, 0.25) is 0 Å². The number of fused-ring (bicyclic) bond motifs is 1. The van der Waals surface area contributed by atoms with Crippen molar-refractivity contribution in [3.8, 4) is 0 Å². The molecule has 1 aromatic carbocycles. The Morgan fingerprint density at radius 1 is 1.17 bits per heavy atom. The maximum atomic E-state index is 12.5. The quantitative estimate of drug-likeness (QED) is 0.837. The highest BCUT2D eigenvalue weighted by Crippen LogP contribution is 2.38. The molecular weight excluding hydrogens is 332 g/mol. The Hall–Kier alpha value is -2.81. The van der Waals surface area contributed by atoms with E-state index in [9.17, 15) is 18.3 Å². The van der Waals surface area contributed by atoms with Crippen molar-refractivity contribution in [2.24, 2.45) is 17.3 Å². The Balaban J connectivity index is 2.16. The highest BCUT2D eigenvalue weighted by atomic mass is 32.2. The van der Waals surface area contributed by atoms with E-state index in [2.05, 4.69) is 15.3 Å². The number of nitrogens with zero attached hydrogens (tertiary/aromatic N) is 4. The first-order chi connectivity index (χ1) is 11.2. The first kappa shape index (κ1) is 16.1. The minimum atomic E-state index is -3.97. The molecule has 0 saturated heterocycles. The summed E-state index contributed by atoms with van der Waals surface area (Å²) in [6.45, 7) is 3.34. The van der Waals surface area contributed by atoms with E-state index in [1.807, 2.05) is 0 Å². The lowest BCUT2D eigenvalue weighted by atomic mass is 10.2. The summed E-state index contributed by atoms with van der Waals surface area (Å²) in [6.07, 6.45) is 0. The van der Waals surface area contributed by atoms with Gasteiger partial charge in [-0.1, -0.05) is 12.1 Å². The van der Waals surface area contributed by atoms with Crippen molar-refractivity contribution in [3.63, 3.8) is 0 Å². The highest BCUT2D eigenvalue weighted by molar-refractivity contribution is 7.95. The van der Waals surface area contributed by atoms with E-state index in [0.717, 1.165) is 4.68 Å². The maximum Gasteiger partial charge on any atom is 0.294 e. The smallest absolute Gasteiger partial charge is 0.294 e. The van der Waals surface area contributed by atoms with Crippen LogP contribution < -0.4 is 5.56 Å².